The molecule has 0 amide bonds. The third-order valence-corrected chi connectivity index (χ3v) is 4.96. The maximum atomic E-state index is 11.5. The Balaban J connectivity index is 1.95. The Morgan fingerprint density at radius 1 is 1.19 bits per heavy atom. The zero-order valence-electron chi connectivity index (χ0n) is 16.7. The molecule has 0 aromatic heterocycles. The number of carbonyl (C=O) groups excluding carboxylic acids is 1. The van der Waals surface area contributed by atoms with Gasteiger partial charge in [-0.1, -0.05) is 35.9 Å². The van der Waals surface area contributed by atoms with E-state index < -0.39 is 0 Å². The van der Waals surface area contributed by atoms with Gasteiger partial charge in [0.1, 0.15) is 0 Å². The smallest absolute Gasteiger partial charge is 0.337 e. The molecule has 0 N–H and O–H groups in total. The minimum absolute atomic E-state index is 0.284. The number of carbonyl (C=O) groups is 1. The second-order valence-electron chi connectivity index (χ2n) is 7.29. The van der Waals surface area contributed by atoms with E-state index in [0.29, 0.717) is 17.6 Å². The van der Waals surface area contributed by atoms with E-state index in [1.165, 1.54) is 18.2 Å². The molecule has 0 saturated carbocycles. The summed E-state index contributed by atoms with van der Waals surface area (Å²) in [4.78, 5) is 16.6. The van der Waals surface area contributed by atoms with Gasteiger partial charge in [-0.3, -0.25) is 9.80 Å². The van der Waals surface area contributed by atoms with Crippen molar-refractivity contribution >= 4 is 5.97 Å². The average Bonchev–Trinajstić information content (AvgIpc) is 2.63. The highest BCUT2D eigenvalue weighted by atomic mass is 16.5. The summed E-state index contributed by atoms with van der Waals surface area (Å²) in [7, 11) is 1.41. The van der Waals surface area contributed by atoms with Gasteiger partial charge in [0.2, 0.25) is 0 Å². The number of allylic oxidation sites excluding steroid dienone is 3. The van der Waals surface area contributed by atoms with Crippen molar-refractivity contribution in [2.75, 3.05) is 26.7 Å². The molecule has 26 heavy (non-hydrogen) atoms. The van der Waals surface area contributed by atoms with Gasteiger partial charge in [-0.2, -0.15) is 0 Å². The van der Waals surface area contributed by atoms with Crippen molar-refractivity contribution in [3.8, 4) is 0 Å². The minimum Gasteiger partial charge on any atom is -0.465 e. The van der Waals surface area contributed by atoms with E-state index in [4.69, 9.17) is 4.74 Å². The van der Waals surface area contributed by atoms with E-state index in [1.807, 2.05) is 31.2 Å². The topological polar surface area (TPSA) is 32.8 Å². The summed E-state index contributed by atoms with van der Waals surface area (Å²) in [6.45, 7) is 12.9. The van der Waals surface area contributed by atoms with Gasteiger partial charge >= 0.3 is 5.97 Å². The first kappa shape index (κ1) is 20.4. The first-order valence-electron chi connectivity index (χ1n) is 9.38. The highest BCUT2D eigenvalue weighted by Gasteiger charge is 2.29. The summed E-state index contributed by atoms with van der Waals surface area (Å²) >= 11 is 0. The molecule has 2 atom stereocenters. The van der Waals surface area contributed by atoms with Gasteiger partial charge in [-0.15, -0.1) is 0 Å². The zero-order valence-corrected chi connectivity index (χ0v) is 16.7. The van der Waals surface area contributed by atoms with Crippen LogP contribution < -0.4 is 0 Å². The Morgan fingerprint density at radius 3 is 2.35 bits per heavy atom. The first-order chi connectivity index (χ1) is 12.4. The summed E-state index contributed by atoms with van der Waals surface area (Å²) in [5.41, 5.74) is 3.23. The number of methoxy groups -OCH3 is 1. The maximum Gasteiger partial charge on any atom is 0.337 e. The van der Waals surface area contributed by atoms with Crippen LogP contribution in [0.15, 0.2) is 48.1 Å². The van der Waals surface area contributed by atoms with Crippen molar-refractivity contribution in [2.24, 2.45) is 0 Å². The second kappa shape index (κ2) is 9.70. The molecule has 2 rings (SSSR count). The molecular weight excluding hydrogens is 324 g/mol. The maximum absolute atomic E-state index is 11.5. The predicted octanol–water partition coefficient (Wildman–Crippen LogP) is 3.89. The van der Waals surface area contributed by atoms with Crippen LogP contribution in [-0.4, -0.2) is 54.6 Å². The Bertz CT molecular complexity index is 637. The summed E-state index contributed by atoms with van der Waals surface area (Å²) in [5.74, 6) is -0.284. The van der Waals surface area contributed by atoms with Crippen LogP contribution >= 0.6 is 0 Å². The molecular formula is C22H32N2O2. The molecule has 1 aliphatic rings. The normalized spacial score (nSPS) is 22.7. The van der Waals surface area contributed by atoms with Gasteiger partial charge < -0.3 is 4.74 Å². The highest BCUT2D eigenvalue weighted by molar-refractivity contribution is 5.89. The van der Waals surface area contributed by atoms with Crippen LogP contribution in [-0.2, 0) is 11.3 Å². The number of rotatable bonds is 6. The molecule has 0 spiro atoms. The summed E-state index contributed by atoms with van der Waals surface area (Å²) < 4.78 is 4.76. The highest BCUT2D eigenvalue weighted by Crippen LogP contribution is 2.19. The monoisotopic (exact) mass is 356 g/mol. The van der Waals surface area contributed by atoms with E-state index in [-0.39, 0.29) is 5.97 Å². The fourth-order valence-electron chi connectivity index (χ4n) is 3.63. The van der Waals surface area contributed by atoms with Gasteiger partial charge in [-0.05, 0) is 45.4 Å². The molecule has 4 heteroatoms. The molecule has 0 aliphatic carbocycles. The molecule has 4 nitrogen and oxygen atoms in total. The number of piperazine rings is 1. The van der Waals surface area contributed by atoms with Gasteiger partial charge in [0.25, 0.3) is 0 Å². The largest absolute Gasteiger partial charge is 0.465 e. The fourth-order valence-corrected chi connectivity index (χ4v) is 3.63. The molecule has 0 radical (unpaired) electrons. The van der Waals surface area contributed by atoms with Crippen LogP contribution in [0.3, 0.4) is 0 Å². The van der Waals surface area contributed by atoms with E-state index in [9.17, 15) is 4.79 Å². The number of hydrogen-bond donors (Lipinski definition) is 0. The standard InChI is InChI=1S/C22H32N2O2/c1-6-7-8-17(2)13-24-18(3)14-23(15-19(24)4)16-20-9-11-21(12-10-20)22(25)26-5/h6-12,18-19H,13-16H2,1-5H3/b7-6-,17-8+/t18-,19+. The fraction of sp³-hybridized carbons (Fsp3) is 0.500. The average molecular weight is 357 g/mol. The molecule has 1 aliphatic heterocycles. The van der Waals surface area contributed by atoms with Crippen LogP contribution in [0, 0.1) is 0 Å². The van der Waals surface area contributed by atoms with Crippen LogP contribution in [0.25, 0.3) is 0 Å². The van der Waals surface area contributed by atoms with Crippen LogP contribution in [0.5, 0.6) is 0 Å². The van der Waals surface area contributed by atoms with Crippen LogP contribution in [0.2, 0.25) is 0 Å². The van der Waals surface area contributed by atoms with E-state index in [2.05, 4.69) is 48.8 Å². The third-order valence-electron chi connectivity index (χ3n) is 4.96. The molecule has 1 fully saturated rings. The van der Waals surface area contributed by atoms with Gasteiger partial charge in [0, 0.05) is 38.3 Å². The number of benzene rings is 1. The lowest BCUT2D eigenvalue weighted by Gasteiger charge is -2.44. The van der Waals surface area contributed by atoms with Crippen molar-refractivity contribution in [1.82, 2.24) is 9.80 Å². The molecule has 1 aromatic rings. The molecule has 142 valence electrons. The molecule has 0 unspecified atom stereocenters. The summed E-state index contributed by atoms with van der Waals surface area (Å²) in [6, 6.07) is 8.78. The van der Waals surface area contributed by atoms with E-state index in [0.717, 1.165) is 26.2 Å². The van der Waals surface area contributed by atoms with Crippen molar-refractivity contribution in [3.05, 3.63) is 59.2 Å². The number of esters is 1. The lowest BCUT2D eigenvalue weighted by molar-refractivity contribution is 0.0421. The molecule has 1 aromatic carbocycles. The number of ether oxygens (including phenoxy) is 1. The van der Waals surface area contributed by atoms with Gasteiger partial charge in [0.15, 0.2) is 0 Å². The SMILES string of the molecule is C/C=C\C=C(/C)CN1[C@H](C)CN(Cc2ccc(C(=O)OC)cc2)C[C@@H]1C. The lowest BCUT2D eigenvalue weighted by atomic mass is 10.0. The van der Waals surface area contributed by atoms with E-state index in [1.54, 1.807) is 0 Å². The molecule has 1 heterocycles. The molecule has 1 saturated heterocycles. The third kappa shape index (κ3) is 5.55. The summed E-state index contributed by atoms with van der Waals surface area (Å²) in [6.07, 6.45) is 6.38. The van der Waals surface area contributed by atoms with Gasteiger partial charge in [-0.25, -0.2) is 4.79 Å². The Hall–Kier alpha value is -1.91. The zero-order chi connectivity index (χ0) is 19.1. The van der Waals surface area contributed by atoms with Gasteiger partial charge in [0.05, 0.1) is 12.7 Å². The van der Waals surface area contributed by atoms with Crippen LogP contribution in [0.4, 0.5) is 0 Å². The lowest BCUT2D eigenvalue weighted by Crippen LogP contribution is -2.56. The Morgan fingerprint density at radius 2 is 1.81 bits per heavy atom. The van der Waals surface area contributed by atoms with Crippen LogP contribution in [0.1, 0.15) is 43.6 Å². The Kier molecular flexibility index (Phi) is 7.61. The summed E-state index contributed by atoms with van der Waals surface area (Å²) in [5, 5.41) is 0. The molecule has 0 bridgehead atoms. The van der Waals surface area contributed by atoms with E-state index >= 15 is 0 Å². The van der Waals surface area contributed by atoms with Crippen molar-refractivity contribution in [1.29, 1.82) is 0 Å². The quantitative estimate of drug-likeness (QED) is 0.572. The van der Waals surface area contributed by atoms with Crippen molar-refractivity contribution in [3.63, 3.8) is 0 Å². The number of nitrogens with zero attached hydrogens (tertiary/aromatic N) is 2. The van der Waals surface area contributed by atoms with Crippen molar-refractivity contribution < 1.29 is 9.53 Å². The number of hydrogen-bond acceptors (Lipinski definition) is 4. The minimum atomic E-state index is -0.284. The Labute approximate surface area is 158 Å². The van der Waals surface area contributed by atoms with Crippen molar-refractivity contribution in [2.45, 2.75) is 46.3 Å². The predicted molar refractivity (Wildman–Crippen MR) is 107 cm³/mol. The first-order valence-corrected chi connectivity index (χ1v) is 9.38. The second-order valence-corrected chi connectivity index (χ2v) is 7.29.